The van der Waals surface area contributed by atoms with Crippen LogP contribution >= 0.6 is 12.4 Å². The van der Waals surface area contributed by atoms with Crippen LogP contribution in [-0.4, -0.2) is 6.54 Å². The van der Waals surface area contributed by atoms with Gasteiger partial charge >= 0.3 is 0 Å². The second-order valence-corrected chi connectivity index (χ2v) is 5.91. The minimum Gasteiger partial charge on any atom is -0.330 e. The number of halogens is 1. The highest BCUT2D eigenvalue weighted by Gasteiger charge is 2.51. The molecule has 104 valence electrons. The SMILES string of the molecule is Cl.NCCCC12CC(c3ccccc31)c1ccccc12. The van der Waals surface area contributed by atoms with Gasteiger partial charge in [0.2, 0.25) is 0 Å². The number of nitrogens with two attached hydrogens (primary N) is 1. The first kappa shape index (κ1) is 13.7. The molecule has 2 aliphatic carbocycles. The van der Waals surface area contributed by atoms with Crippen molar-refractivity contribution in [2.75, 3.05) is 6.54 Å². The molecule has 0 aromatic heterocycles. The van der Waals surface area contributed by atoms with Crippen molar-refractivity contribution in [1.29, 1.82) is 0 Å². The Hall–Kier alpha value is -1.31. The van der Waals surface area contributed by atoms with Gasteiger partial charge in [-0.1, -0.05) is 48.5 Å². The summed E-state index contributed by atoms with van der Waals surface area (Å²) in [6.07, 6.45) is 3.55. The molecule has 0 fully saturated rings. The van der Waals surface area contributed by atoms with E-state index < -0.39 is 0 Å². The van der Waals surface area contributed by atoms with E-state index in [-0.39, 0.29) is 17.8 Å². The van der Waals surface area contributed by atoms with Crippen LogP contribution in [0.5, 0.6) is 0 Å². The van der Waals surface area contributed by atoms with Crippen LogP contribution in [0.3, 0.4) is 0 Å². The van der Waals surface area contributed by atoms with E-state index in [1.165, 1.54) is 12.8 Å². The lowest BCUT2D eigenvalue weighted by molar-refractivity contribution is 0.472. The summed E-state index contributed by atoms with van der Waals surface area (Å²) in [5.41, 5.74) is 12.3. The van der Waals surface area contributed by atoms with E-state index in [1.807, 2.05) is 0 Å². The Bertz CT molecular complexity index is 587. The van der Waals surface area contributed by atoms with Gasteiger partial charge in [0, 0.05) is 11.3 Å². The lowest BCUT2D eigenvalue weighted by atomic mass is 9.72. The first-order valence-corrected chi connectivity index (χ1v) is 7.26. The third-order valence-electron chi connectivity index (χ3n) is 5.06. The summed E-state index contributed by atoms with van der Waals surface area (Å²) < 4.78 is 0. The quantitative estimate of drug-likeness (QED) is 0.907. The first-order chi connectivity index (χ1) is 9.37. The Kier molecular flexibility index (Phi) is 3.35. The zero-order valence-corrected chi connectivity index (χ0v) is 12.3. The van der Waals surface area contributed by atoms with Crippen LogP contribution in [0.15, 0.2) is 48.5 Å². The molecule has 0 saturated heterocycles. The Labute approximate surface area is 126 Å². The predicted molar refractivity (Wildman–Crippen MR) is 85.7 cm³/mol. The van der Waals surface area contributed by atoms with E-state index in [2.05, 4.69) is 48.5 Å². The van der Waals surface area contributed by atoms with Crippen LogP contribution in [0.2, 0.25) is 0 Å². The largest absolute Gasteiger partial charge is 0.330 e. The van der Waals surface area contributed by atoms with Gasteiger partial charge in [0.15, 0.2) is 0 Å². The van der Waals surface area contributed by atoms with Gasteiger partial charge in [-0.3, -0.25) is 0 Å². The summed E-state index contributed by atoms with van der Waals surface area (Å²) in [5, 5.41) is 0. The van der Waals surface area contributed by atoms with Crippen LogP contribution in [0.1, 0.15) is 47.4 Å². The van der Waals surface area contributed by atoms with Gasteiger partial charge in [-0.25, -0.2) is 0 Å². The van der Waals surface area contributed by atoms with Crippen molar-refractivity contribution in [3.05, 3.63) is 70.8 Å². The Morgan fingerprint density at radius 3 is 2.05 bits per heavy atom. The van der Waals surface area contributed by atoms with Crippen molar-refractivity contribution in [3.8, 4) is 0 Å². The average Bonchev–Trinajstić information content (AvgIpc) is 2.98. The molecule has 2 aromatic carbocycles. The Morgan fingerprint density at radius 1 is 0.950 bits per heavy atom. The maximum atomic E-state index is 5.77. The molecule has 0 heterocycles. The second-order valence-electron chi connectivity index (χ2n) is 5.91. The molecule has 0 amide bonds. The maximum absolute atomic E-state index is 5.77. The van der Waals surface area contributed by atoms with Crippen LogP contribution < -0.4 is 5.73 Å². The molecule has 0 unspecified atom stereocenters. The minimum atomic E-state index is 0. The smallest absolute Gasteiger partial charge is 0.0218 e. The lowest BCUT2D eigenvalue weighted by Gasteiger charge is -2.31. The maximum Gasteiger partial charge on any atom is 0.0218 e. The normalized spacial score (nSPS) is 24.9. The van der Waals surface area contributed by atoms with E-state index in [9.17, 15) is 0 Å². The third-order valence-corrected chi connectivity index (χ3v) is 5.06. The van der Waals surface area contributed by atoms with Gasteiger partial charge in [0.25, 0.3) is 0 Å². The fourth-order valence-electron chi connectivity index (χ4n) is 4.35. The number of rotatable bonds is 3. The molecule has 0 atom stereocenters. The molecule has 2 bridgehead atoms. The van der Waals surface area contributed by atoms with Crippen LogP contribution in [0.4, 0.5) is 0 Å². The summed E-state index contributed by atoms with van der Waals surface area (Å²) >= 11 is 0. The molecule has 0 saturated carbocycles. The van der Waals surface area contributed by atoms with E-state index >= 15 is 0 Å². The van der Waals surface area contributed by atoms with Crippen molar-refractivity contribution in [2.24, 2.45) is 5.73 Å². The van der Waals surface area contributed by atoms with Crippen LogP contribution in [0.25, 0.3) is 0 Å². The molecule has 0 radical (unpaired) electrons. The second kappa shape index (κ2) is 4.91. The molecular weight excluding hydrogens is 266 g/mol. The molecule has 20 heavy (non-hydrogen) atoms. The highest BCUT2D eigenvalue weighted by atomic mass is 35.5. The number of benzene rings is 2. The van der Waals surface area contributed by atoms with Crippen molar-refractivity contribution < 1.29 is 0 Å². The first-order valence-electron chi connectivity index (χ1n) is 7.26. The Balaban J connectivity index is 0.00000121. The molecule has 2 heteroatoms. The number of fused-ring (bicyclic) bond motifs is 8. The fraction of sp³-hybridized carbons (Fsp3) is 0.333. The predicted octanol–water partition coefficient (Wildman–Crippen LogP) is 3.98. The van der Waals surface area contributed by atoms with Crippen molar-refractivity contribution >= 4 is 12.4 Å². The van der Waals surface area contributed by atoms with Crippen LogP contribution in [0, 0.1) is 0 Å². The molecule has 2 aliphatic rings. The standard InChI is InChI=1S/C18H19N.ClH/c19-11-5-10-18-12-15(13-6-1-3-8-16(13)18)14-7-2-4-9-17(14)18;/h1-4,6-9,15H,5,10-12,19H2;1H. The number of hydrogen-bond donors (Lipinski definition) is 1. The van der Waals surface area contributed by atoms with Gasteiger partial charge in [0.1, 0.15) is 0 Å². The van der Waals surface area contributed by atoms with Crippen LogP contribution in [-0.2, 0) is 5.41 Å². The molecule has 1 nitrogen and oxygen atoms in total. The van der Waals surface area contributed by atoms with E-state index in [0.717, 1.165) is 13.0 Å². The van der Waals surface area contributed by atoms with Gasteiger partial charge < -0.3 is 5.73 Å². The highest BCUT2D eigenvalue weighted by Crippen LogP contribution is 2.61. The number of hydrogen-bond acceptors (Lipinski definition) is 1. The monoisotopic (exact) mass is 285 g/mol. The van der Waals surface area contributed by atoms with Crippen molar-refractivity contribution in [1.82, 2.24) is 0 Å². The fourth-order valence-corrected chi connectivity index (χ4v) is 4.35. The van der Waals surface area contributed by atoms with E-state index in [1.54, 1.807) is 22.3 Å². The van der Waals surface area contributed by atoms with Gasteiger partial charge in [-0.2, -0.15) is 0 Å². The molecule has 2 aromatic rings. The summed E-state index contributed by atoms with van der Waals surface area (Å²) in [4.78, 5) is 0. The zero-order chi connectivity index (χ0) is 12.9. The molecule has 2 N–H and O–H groups in total. The van der Waals surface area contributed by atoms with Gasteiger partial charge in [-0.05, 0) is 48.1 Å². The third kappa shape index (κ3) is 1.60. The Morgan fingerprint density at radius 2 is 1.50 bits per heavy atom. The van der Waals surface area contributed by atoms with Gasteiger partial charge in [0.05, 0.1) is 0 Å². The summed E-state index contributed by atoms with van der Waals surface area (Å²) in [6, 6.07) is 18.0. The molecule has 0 spiro atoms. The zero-order valence-electron chi connectivity index (χ0n) is 11.5. The summed E-state index contributed by atoms with van der Waals surface area (Å²) in [6.45, 7) is 0.788. The van der Waals surface area contributed by atoms with E-state index in [4.69, 9.17) is 5.73 Å². The van der Waals surface area contributed by atoms with Gasteiger partial charge in [-0.15, -0.1) is 12.4 Å². The molecular formula is C18H20ClN. The molecule has 0 aliphatic heterocycles. The highest BCUT2D eigenvalue weighted by molar-refractivity contribution is 5.85. The van der Waals surface area contributed by atoms with Crippen molar-refractivity contribution in [3.63, 3.8) is 0 Å². The van der Waals surface area contributed by atoms with E-state index in [0.29, 0.717) is 5.92 Å². The molecule has 4 rings (SSSR count). The topological polar surface area (TPSA) is 26.0 Å². The summed E-state index contributed by atoms with van der Waals surface area (Å²) in [5.74, 6) is 0.616. The summed E-state index contributed by atoms with van der Waals surface area (Å²) in [7, 11) is 0. The lowest BCUT2D eigenvalue weighted by Crippen LogP contribution is -2.24. The average molecular weight is 286 g/mol. The minimum absolute atomic E-state index is 0. The van der Waals surface area contributed by atoms with Crippen molar-refractivity contribution in [2.45, 2.75) is 30.6 Å².